The first-order valence-electron chi connectivity index (χ1n) is 12.0. The highest BCUT2D eigenvalue weighted by molar-refractivity contribution is 7.89. The number of fused-ring (bicyclic) bond motifs is 1. The van der Waals surface area contributed by atoms with Crippen LogP contribution in [0.5, 0.6) is 0 Å². The molecular formula is C27H31Cl2N3O4S. The van der Waals surface area contributed by atoms with Gasteiger partial charge in [-0.15, -0.1) is 0 Å². The number of carbonyl (C=O) groups excluding carboxylic acids is 2. The van der Waals surface area contributed by atoms with E-state index in [1.165, 1.54) is 18.0 Å². The molecule has 0 spiro atoms. The second-order valence-corrected chi connectivity index (χ2v) is 11.7. The molecule has 0 aliphatic rings. The number of sulfonamides is 1. The Kier molecular flexibility index (Phi) is 9.95. The molecule has 0 saturated carbocycles. The third-order valence-corrected chi connectivity index (χ3v) is 8.68. The van der Waals surface area contributed by atoms with Crippen LogP contribution in [0.15, 0.2) is 65.6 Å². The Hall–Kier alpha value is -2.65. The summed E-state index contributed by atoms with van der Waals surface area (Å²) >= 11 is 12.7. The second kappa shape index (κ2) is 12.7. The molecular weight excluding hydrogens is 533 g/mol. The first-order valence-corrected chi connectivity index (χ1v) is 14.2. The summed E-state index contributed by atoms with van der Waals surface area (Å²) in [5.74, 6) is -0.897. The molecule has 7 nitrogen and oxygen atoms in total. The summed E-state index contributed by atoms with van der Waals surface area (Å²) < 4.78 is 27.6. The highest BCUT2D eigenvalue weighted by Crippen LogP contribution is 2.27. The number of rotatable bonds is 11. The zero-order valence-electron chi connectivity index (χ0n) is 21.1. The molecule has 0 aromatic heterocycles. The Morgan fingerprint density at radius 3 is 2.27 bits per heavy atom. The molecule has 0 fully saturated rings. The van der Waals surface area contributed by atoms with Gasteiger partial charge >= 0.3 is 0 Å². The van der Waals surface area contributed by atoms with E-state index in [9.17, 15) is 18.0 Å². The Balaban J connectivity index is 1.86. The summed E-state index contributed by atoms with van der Waals surface area (Å²) in [7, 11) is -2.64. The van der Waals surface area contributed by atoms with E-state index in [2.05, 4.69) is 5.32 Å². The van der Waals surface area contributed by atoms with Crippen molar-refractivity contribution in [2.75, 3.05) is 20.1 Å². The van der Waals surface area contributed by atoms with E-state index in [0.29, 0.717) is 22.2 Å². The number of amides is 2. The minimum atomic E-state index is -3.98. The molecule has 0 saturated heterocycles. The predicted molar refractivity (Wildman–Crippen MR) is 148 cm³/mol. The first kappa shape index (κ1) is 28.9. The summed E-state index contributed by atoms with van der Waals surface area (Å²) in [6.07, 6.45) is 1.71. The third kappa shape index (κ3) is 7.02. The summed E-state index contributed by atoms with van der Waals surface area (Å²) in [5.41, 5.74) is 0.479. The molecule has 0 aliphatic heterocycles. The van der Waals surface area contributed by atoms with Crippen LogP contribution in [0, 0.1) is 0 Å². The van der Waals surface area contributed by atoms with Crippen molar-refractivity contribution in [1.82, 2.24) is 14.5 Å². The van der Waals surface area contributed by atoms with Gasteiger partial charge in [-0.25, -0.2) is 8.42 Å². The van der Waals surface area contributed by atoms with E-state index in [0.717, 1.165) is 27.9 Å². The zero-order chi connectivity index (χ0) is 27.2. The Morgan fingerprint density at radius 2 is 1.62 bits per heavy atom. The van der Waals surface area contributed by atoms with Gasteiger partial charge in [-0.05, 0) is 48.4 Å². The number of likely N-dealkylation sites (N-methyl/N-ethyl adjacent to an activating group) is 1. The molecule has 10 heteroatoms. The number of halogens is 2. The van der Waals surface area contributed by atoms with E-state index in [1.54, 1.807) is 37.3 Å². The fourth-order valence-electron chi connectivity index (χ4n) is 3.85. The van der Waals surface area contributed by atoms with Gasteiger partial charge in [-0.2, -0.15) is 4.31 Å². The lowest BCUT2D eigenvalue weighted by Gasteiger charge is -2.31. The van der Waals surface area contributed by atoms with Gasteiger partial charge in [0.2, 0.25) is 21.8 Å². The number of hydrogen-bond donors (Lipinski definition) is 1. The molecule has 0 bridgehead atoms. The summed E-state index contributed by atoms with van der Waals surface area (Å²) in [4.78, 5) is 27.7. The van der Waals surface area contributed by atoms with E-state index >= 15 is 0 Å². The minimum Gasteiger partial charge on any atom is -0.354 e. The lowest BCUT2D eigenvalue weighted by atomic mass is 10.1. The van der Waals surface area contributed by atoms with Gasteiger partial charge in [0, 0.05) is 35.7 Å². The van der Waals surface area contributed by atoms with Crippen molar-refractivity contribution < 1.29 is 18.0 Å². The molecule has 2 amide bonds. The van der Waals surface area contributed by atoms with Crippen LogP contribution in [-0.2, 0) is 26.2 Å². The van der Waals surface area contributed by atoms with Crippen LogP contribution in [0.4, 0.5) is 0 Å². The maximum absolute atomic E-state index is 13.5. The van der Waals surface area contributed by atoms with Gasteiger partial charge in [0.05, 0.1) is 11.4 Å². The van der Waals surface area contributed by atoms with Crippen molar-refractivity contribution in [3.8, 4) is 0 Å². The highest BCUT2D eigenvalue weighted by atomic mass is 35.5. The molecule has 0 radical (unpaired) electrons. The summed E-state index contributed by atoms with van der Waals surface area (Å²) in [6.45, 7) is 3.57. The molecule has 0 unspecified atom stereocenters. The zero-order valence-corrected chi connectivity index (χ0v) is 23.4. The lowest BCUT2D eigenvalue weighted by molar-refractivity contribution is -0.140. The standard InChI is InChI=1S/C27H31Cl2N3O4S/c1-4-5-15-30-27(34)19(2)32(17-23-24(28)11-8-12-25(23)29)26(33)18-31(3)37(35,36)22-14-13-20-9-6-7-10-21(20)16-22/h6-14,16,19H,4-5,15,17-18H2,1-3H3,(H,30,34)/t19-/m0/s1. The van der Waals surface area contributed by atoms with Crippen LogP contribution in [-0.4, -0.2) is 55.6 Å². The van der Waals surface area contributed by atoms with Crippen LogP contribution in [0.3, 0.4) is 0 Å². The number of carbonyl (C=O) groups is 2. The molecule has 3 aromatic carbocycles. The molecule has 3 aromatic rings. The fourth-order valence-corrected chi connectivity index (χ4v) is 5.52. The molecule has 1 atom stereocenters. The van der Waals surface area contributed by atoms with E-state index in [-0.39, 0.29) is 17.3 Å². The van der Waals surface area contributed by atoms with Crippen molar-refractivity contribution in [3.63, 3.8) is 0 Å². The topological polar surface area (TPSA) is 86.8 Å². The molecule has 0 heterocycles. The summed E-state index contributed by atoms with van der Waals surface area (Å²) in [5, 5.41) is 5.21. The quantitative estimate of drug-likeness (QED) is 0.329. The minimum absolute atomic E-state index is 0.0520. The highest BCUT2D eigenvalue weighted by Gasteiger charge is 2.31. The van der Waals surface area contributed by atoms with Crippen molar-refractivity contribution in [2.24, 2.45) is 0 Å². The van der Waals surface area contributed by atoms with Crippen LogP contribution in [0.2, 0.25) is 10.0 Å². The van der Waals surface area contributed by atoms with Gasteiger partial charge in [0.15, 0.2) is 0 Å². The van der Waals surface area contributed by atoms with E-state index in [4.69, 9.17) is 23.2 Å². The van der Waals surface area contributed by atoms with Gasteiger partial charge in [0.25, 0.3) is 0 Å². The SMILES string of the molecule is CCCCNC(=O)[C@H](C)N(Cc1c(Cl)cccc1Cl)C(=O)CN(C)S(=O)(=O)c1ccc2ccccc2c1. The molecule has 1 N–H and O–H groups in total. The van der Waals surface area contributed by atoms with Gasteiger partial charge in [0.1, 0.15) is 6.04 Å². The van der Waals surface area contributed by atoms with E-state index in [1.807, 2.05) is 31.2 Å². The average molecular weight is 565 g/mol. The molecule has 3 rings (SSSR count). The van der Waals surface area contributed by atoms with E-state index < -0.39 is 28.5 Å². The van der Waals surface area contributed by atoms with Gasteiger partial charge in [-0.1, -0.05) is 72.9 Å². The second-order valence-electron chi connectivity index (χ2n) is 8.81. The average Bonchev–Trinajstić information content (AvgIpc) is 2.87. The Bertz CT molecular complexity index is 1360. The largest absolute Gasteiger partial charge is 0.354 e. The smallest absolute Gasteiger partial charge is 0.243 e. The van der Waals surface area contributed by atoms with Crippen molar-refractivity contribution in [2.45, 2.75) is 44.2 Å². The first-order chi connectivity index (χ1) is 17.6. The maximum atomic E-state index is 13.5. The third-order valence-electron chi connectivity index (χ3n) is 6.17. The fraction of sp³-hybridized carbons (Fsp3) is 0.333. The Labute approximate surface area is 228 Å². The number of benzene rings is 3. The predicted octanol–water partition coefficient (Wildman–Crippen LogP) is 5.10. The number of nitrogens with one attached hydrogen (secondary N) is 1. The number of nitrogens with zero attached hydrogens (tertiary/aromatic N) is 2. The maximum Gasteiger partial charge on any atom is 0.243 e. The van der Waals surface area contributed by atoms with Crippen LogP contribution >= 0.6 is 23.2 Å². The number of unbranched alkanes of at least 4 members (excludes halogenated alkanes) is 1. The van der Waals surface area contributed by atoms with Crippen LogP contribution in [0.25, 0.3) is 10.8 Å². The lowest BCUT2D eigenvalue weighted by Crippen LogP contribution is -2.50. The Morgan fingerprint density at radius 1 is 0.973 bits per heavy atom. The van der Waals surface area contributed by atoms with Crippen molar-refractivity contribution in [1.29, 1.82) is 0 Å². The molecule has 0 aliphatic carbocycles. The van der Waals surface area contributed by atoms with Crippen LogP contribution < -0.4 is 5.32 Å². The van der Waals surface area contributed by atoms with Crippen LogP contribution in [0.1, 0.15) is 32.3 Å². The van der Waals surface area contributed by atoms with Gasteiger partial charge in [-0.3, -0.25) is 9.59 Å². The number of hydrogen-bond acceptors (Lipinski definition) is 4. The normalized spacial score (nSPS) is 12.5. The van der Waals surface area contributed by atoms with Gasteiger partial charge < -0.3 is 10.2 Å². The molecule has 198 valence electrons. The van der Waals surface area contributed by atoms with Crippen molar-refractivity contribution in [3.05, 3.63) is 76.3 Å². The monoisotopic (exact) mass is 563 g/mol. The summed E-state index contributed by atoms with van der Waals surface area (Å²) in [6, 6.07) is 16.3. The van der Waals surface area contributed by atoms with Crippen molar-refractivity contribution >= 4 is 55.8 Å². The molecule has 37 heavy (non-hydrogen) atoms.